The fraction of sp³-hybridized carbons (Fsp3) is 0.250. The highest BCUT2D eigenvalue weighted by molar-refractivity contribution is 9.10. The average molecular weight is 282 g/mol. The number of carbonyl (C=O) groups excluding carboxylic acids is 1. The van der Waals surface area contributed by atoms with Crippen molar-refractivity contribution in [2.75, 3.05) is 13.2 Å². The van der Waals surface area contributed by atoms with Crippen LogP contribution in [0.2, 0.25) is 5.15 Å². The summed E-state index contributed by atoms with van der Waals surface area (Å²) in [4.78, 5) is 15.1. The van der Waals surface area contributed by atoms with E-state index in [0.29, 0.717) is 10.0 Å². The molecule has 0 spiro atoms. The second-order valence-electron chi connectivity index (χ2n) is 2.43. The zero-order valence-electron chi connectivity index (χ0n) is 7.06. The van der Waals surface area contributed by atoms with Crippen LogP contribution < -0.4 is 5.32 Å². The number of aromatic nitrogens is 1. The quantitative estimate of drug-likeness (QED) is 0.863. The van der Waals surface area contributed by atoms with Crippen LogP contribution in [0, 0.1) is 0 Å². The van der Waals surface area contributed by atoms with E-state index >= 15 is 0 Å². The van der Waals surface area contributed by atoms with Crippen LogP contribution in [0.1, 0.15) is 10.4 Å². The smallest absolute Gasteiger partial charge is 0.252 e. The summed E-state index contributed by atoms with van der Waals surface area (Å²) >= 11 is 8.76. The van der Waals surface area contributed by atoms with Gasteiger partial charge in [0, 0.05) is 17.2 Å². The standard InChI is InChI=1S/C8H7BrClFN2O/c9-6-4-13-7(10)3-5(6)8(14)12-2-1-11/h3-4H,1-2H2,(H,12,14). The molecule has 6 heteroatoms. The third-order valence-electron chi connectivity index (χ3n) is 1.45. The summed E-state index contributed by atoms with van der Waals surface area (Å²) < 4.78 is 12.3. The van der Waals surface area contributed by atoms with Crippen LogP contribution in [-0.4, -0.2) is 24.1 Å². The van der Waals surface area contributed by atoms with Crippen molar-refractivity contribution < 1.29 is 9.18 Å². The summed E-state index contributed by atoms with van der Waals surface area (Å²) in [5, 5.41) is 2.61. The Labute approximate surface area is 93.8 Å². The Bertz CT molecular complexity index is 348. The van der Waals surface area contributed by atoms with Crippen LogP contribution in [0.15, 0.2) is 16.7 Å². The summed E-state index contributed by atoms with van der Waals surface area (Å²) in [6, 6.07) is 1.42. The van der Waals surface area contributed by atoms with Crippen molar-refractivity contribution >= 4 is 33.4 Å². The van der Waals surface area contributed by atoms with E-state index in [2.05, 4.69) is 26.2 Å². The van der Waals surface area contributed by atoms with E-state index in [-0.39, 0.29) is 17.6 Å². The second-order valence-corrected chi connectivity index (χ2v) is 3.67. The van der Waals surface area contributed by atoms with Crippen LogP contribution in [-0.2, 0) is 0 Å². The maximum absolute atomic E-state index is 11.8. The number of amides is 1. The summed E-state index contributed by atoms with van der Waals surface area (Å²) in [6.45, 7) is -0.604. The van der Waals surface area contributed by atoms with E-state index in [1.54, 1.807) is 0 Å². The van der Waals surface area contributed by atoms with Crippen LogP contribution >= 0.6 is 27.5 Å². The maximum Gasteiger partial charge on any atom is 0.252 e. The van der Waals surface area contributed by atoms with Gasteiger partial charge in [-0.3, -0.25) is 4.79 Å². The zero-order valence-corrected chi connectivity index (χ0v) is 9.40. The SMILES string of the molecule is O=C(NCCF)c1cc(Cl)ncc1Br. The van der Waals surface area contributed by atoms with Gasteiger partial charge in [-0.2, -0.15) is 0 Å². The van der Waals surface area contributed by atoms with Gasteiger partial charge in [-0.25, -0.2) is 9.37 Å². The van der Waals surface area contributed by atoms with E-state index in [0.717, 1.165) is 0 Å². The number of nitrogens with zero attached hydrogens (tertiary/aromatic N) is 1. The lowest BCUT2D eigenvalue weighted by atomic mass is 10.2. The van der Waals surface area contributed by atoms with Gasteiger partial charge >= 0.3 is 0 Å². The lowest BCUT2D eigenvalue weighted by Crippen LogP contribution is -2.25. The predicted octanol–water partition coefficient (Wildman–Crippen LogP) is 2.20. The van der Waals surface area contributed by atoms with Crippen molar-refractivity contribution in [1.29, 1.82) is 0 Å². The Balaban J connectivity index is 2.83. The summed E-state index contributed by atoms with van der Waals surface area (Å²) in [7, 11) is 0. The number of rotatable bonds is 3. The maximum atomic E-state index is 11.8. The van der Waals surface area contributed by atoms with Gasteiger partial charge in [0.25, 0.3) is 5.91 Å². The van der Waals surface area contributed by atoms with E-state index in [4.69, 9.17) is 11.6 Å². The van der Waals surface area contributed by atoms with Gasteiger partial charge in [-0.15, -0.1) is 0 Å². The lowest BCUT2D eigenvalue weighted by molar-refractivity contribution is 0.0950. The number of carbonyl (C=O) groups is 1. The molecule has 3 nitrogen and oxygen atoms in total. The lowest BCUT2D eigenvalue weighted by Gasteiger charge is -2.04. The molecule has 0 saturated heterocycles. The number of hydrogen-bond donors (Lipinski definition) is 1. The molecule has 0 aliphatic carbocycles. The monoisotopic (exact) mass is 280 g/mol. The third-order valence-corrected chi connectivity index (χ3v) is 2.29. The summed E-state index contributed by atoms with van der Waals surface area (Å²) in [5.41, 5.74) is 0.346. The first-order valence-corrected chi connectivity index (χ1v) is 4.97. The molecule has 1 aromatic heterocycles. The Morgan fingerprint density at radius 2 is 2.43 bits per heavy atom. The highest BCUT2D eigenvalue weighted by Crippen LogP contribution is 2.18. The first kappa shape index (κ1) is 11.4. The molecule has 0 radical (unpaired) electrons. The number of pyridine rings is 1. The van der Waals surface area contributed by atoms with Gasteiger partial charge in [0.15, 0.2) is 0 Å². The molecule has 76 valence electrons. The Kier molecular flexibility index (Phi) is 4.28. The third kappa shape index (κ3) is 2.92. The van der Waals surface area contributed by atoms with Gasteiger partial charge < -0.3 is 5.32 Å². The molecule has 0 fully saturated rings. The molecule has 1 amide bonds. The van der Waals surface area contributed by atoms with Gasteiger partial charge in [0.2, 0.25) is 0 Å². The molecule has 0 aliphatic rings. The number of halogens is 3. The predicted molar refractivity (Wildman–Crippen MR) is 55.3 cm³/mol. The van der Waals surface area contributed by atoms with Gasteiger partial charge in [-0.1, -0.05) is 11.6 Å². The molecular formula is C8H7BrClFN2O. The second kappa shape index (κ2) is 5.26. The normalized spacial score (nSPS) is 9.93. The van der Waals surface area contributed by atoms with Crippen LogP contribution in [0.3, 0.4) is 0 Å². The topological polar surface area (TPSA) is 42.0 Å². The minimum atomic E-state index is -0.595. The first-order chi connectivity index (χ1) is 6.65. The molecule has 0 aromatic carbocycles. The number of alkyl halides is 1. The van der Waals surface area contributed by atoms with Gasteiger partial charge in [-0.05, 0) is 22.0 Å². The number of hydrogen-bond acceptors (Lipinski definition) is 2. The molecule has 0 aliphatic heterocycles. The Morgan fingerprint density at radius 1 is 1.71 bits per heavy atom. The largest absolute Gasteiger partial charge is 0.349 e. The van der Waals surface area contributed by atoms with Crippen LogP contribution in [0.4, 0.5) is 4.39 Å². The molecule has 1 rings (SSSR count). The molecule has 1 heterocycles. The highest BCUT2D eigenvalue weighted by Gasteiger charge is 2.10. The summed E-state index contributed by atoms with van der Waals surface area (Å²) in [5.74, 6) is -0.376. The first-order valence-electron chi connectivity index (χ1n) is 3.80. The van der Waals surface area contributed by atoms with Crippen LogP contribution in [0.25, 0.3) is 0 Å². The Morgan fingerprint density at radius 3 is 3.07 bits per heavy atom. The zero-order chi connectivity index (χ0) is 10.6. The highest BCUT2D eigenvalue weighted by atomic mass is 79.9. The molecule has 0 saturated carbocycles. The molecule has 0 unspecified atom stereocenters. The van der Waals surface area contributed by atoms with E-state index in [1.807, 2.05) is 0 Å². The molecule has 1 aromatic rings. The Hall–Kier alpha value is -0.680. The van der Waals surface area contributed by atoms with Crippen molar-refractivity contribution in [3.63, 3.8) is 0 Å². The fourth-order valence-electron chi connectivity index (χ4n) is 0.843. The van der Waals surface area contributed by atoms with Crippen molar-refractivity contribution in [2.24, 2.45) is 0 Å². The number of nitrogens with one attached hydrogen (secondary N) is 1. The molecule has 1 N–H and O–H groups in total. The molecule has 0 bridgehead atoms. The minimum absolute atomic E-state index is 0.00872. The summed E-state index contributed by atoms with van der Waals surface area (Å²) in [6.07, 6.45) is 1.42. The van der Waals surface area contributed by atoms with Gasteiger partial charge in [0.05, 0.1) is 5.56 Å². The molecule has 14 heavy (non-hydrogen) atoms. The van der Waals surface area contributed by atoms with Crippen molar-refractivity contribution in [2.45, 2.75) is 0 Å². The van der Waals surface area contributed by atoms with Crippen molar-refractivity contribution in [1.82, 2.24) is 10.3 Å². The van der Waals surface area contributed by atoms with Crippen LogP contribution in [0.5, 0.6) is 0 Å². The molecular weight excluding hydrogens is 274 g/mol. The molecule has 0 atom stereocenters. The minimum Gasteiger partial charge on any atom is -0.349 e. The average Bonchev–Trinajstić information content (AvgIpc) is 2.18. The van der Waals surface area contributed by atoms with E-state index < -0.39 is 6.67 Å². The fourth-order valence-corrected chi connectivity index (χ4v) is 1.40. The van der Waals surface area contributed by atoms with E-state index in [9.17, 15) is 9.18 Å². The van der Waals surface area contributed by atoms with E-state index in [1.165, 1.54) is 12.3 Å². The van der Waals surface area contributed by atoms with Gasteiger partial charge in [0.1, 0.15) is 11.8 Å². The van der Waals surface area contributed by atoms with Crippen molar-refractivity contribution in [3.05, 3.63) is 27.5 Å². The van der Waals surface area contributed by atoms with Crippen molar-refractivity contribution in [3.8, 4) is 0 Å².